The minimum atomic E-state index is 0.329. The summed E-state index contributed by atoms with van der Waals surface area (Å²) >= 11 is 0. The first-order valence-corrected chi connectivity index (χ1v) is 7.62. The van der Waals surface area contributed by atoms with Crippen molar-refractivity contribution in [1.82, 2.24) is 4.57 Å². The topological polar surface area (TPSA) is 37.5 Å². The van der Waals surface area contributed by atoms with Crippen LogP contribution in [0.15, 0.2) is 53.5 Å². The molecule has 1 heterocycles. The van der Waals surface area contributed by atoms with Crippen LogP contribution in [0.3, 0.4) is 0 Å². The van der Waals surface area contributed by atoms with Crippen LogP contribution < -0.4 is 0 Å². The van der Waals surface area contributed by atoms with Gasteiger partial charge in [0.15, 0.2) is 0 Å². The lowest BCUT2D eigenvalue weighted by molar-refractivity contribution is 0.476. The van der Waals surface area contributed by atoms with Crippen molar-refractivity contribution in [3.8, 4) is 5.75 Å². The standard InChI is InChI=1S/C19H18N2O/c1-21-18-10-7-14(22)11-16(18)15-8-9-17(19(15)21)20-12-13-5-3-2-4-6-13/h2-7,10-11,22H,8-9,12H2,1H3. The van der Waals surface area contributed by atoms with E-state index in [1.165, 1.54) is 22.5 Å². The summed E-state index contributed by atoms with van der Waals surface area (Å²) in [6.45, 7) is 0.725. The number of fused-ring (bicyclic) bond motifs is 3. The van der Waals surface area contributed by atoms with Crippen molar-refractivity contribution in [1.29, 1.82) is 0 Å². The minimum absolute atomic E-state index is 0.329. The van der Waals surface area contributed by atoms with Crippen LogP contribution in [-0.2, 0) is 20.0 Å². The lowest BCUT2D eigenvalue weighted by atomic mass is 10.1. The van der Waals surface area contributed by atoms with E-state index in [0.29, 0.717) is 5.75 Å². The highest BCUT2D eigenvalue weighted by atomic mass is 16.3. The third kappa shape index (κ3) is 2.01. The maximum atomic E-state index is 9.75. The molecule has 110 valence electrons. The predicted octanol–water partition coefficient (Wildman–Crippen LogP) is 3.82. The van der Waals surface area contributed by atoms with E-state index in [-0.39, 0.29) is 0 Å². The van der Waals surface area contributed by atoms with Crippen LogP contribution in [0.5, 0.6) is 5.75 Å². The van der Waals surface area contributed by atoms with Crippen LogP contribution in [0.4, 0.5) is 0 Å². The number of phenolic OH excluding ortho intramolecular Hbond substituents is 1. The number of phenols is 1. The second kappa shape index (κ2) is 5.02. The van der Waals surface area contributed by atoms with E-state index in [9.17, 15) is 5.11 Å². The molecule has 1 N–H and O–H groups in total. The second-order valence-electron chi connectivity index (χ2n) is 5.84. The van der Waals surface area contributed by atoms with Crippen LogP contribution in [0, 0.1) is 0 Å². The zero-order chi connectivity index (χ0) is 15.1. The average Bonchev–Trinajstić information content (AvgIpc) is 3.07. The smallest absolute Gasteiger partial charge is 0.116 e. The summed E-state index contributed by atoms with van der Waals surface area (Å²) in [4.78, 5) is 4.85. The molecule has 0 aliphatic heterocycles. The third-order valence-electron chi connectivity index (χ3n) is 4.47. The van der Waals surface area contributed by atoms with Gasteiger partial charge in [0, 0.05) is 18.0 Å². The minimum Gasteiger partial charge on any atom is -0.508 e. The first-order chi connectivity index (χ1) is 10.7. The molecule has 1 aliphatic carbocycles. The monoisotopic (exact) mass is 290 g/mol. The molecule has 3 nitrogen and oxygen atoms in total. The van der Waals surface area contributed by atoms with Gasteiger partial charge in [-0.15, -0.1) is 0 Å². The van der Waals surface area contributed by atoms with Crippen LogP contribution in [0.25, 0.3) is 10.9 Å². The van der Waals surface area contributed by atoms with Crippen LogP contribution in [0.2, 0.25) is 0 Å². The van der Waals surface area contributed by atoms with E-state index in [2.05, 4.69) is 35.9 Å². The second-order valence-corrected chi connectivity index (χ2v) is 5.84. The summed E-state index contributed by atoms with van der Waals surface area (Å²) in [5.74, 6) is 0.329. The van der Waals surface area contributed by atoms with Gasteiger partial charge in [0.1, 0.15) is 5.75 Å². The lowest BCUT2D eigenvalue weighted by Gasteiger charge is -2.04. The van der Waals surface area contributed by atoms with Crippen LogP contribution in [-0.4, -0.2) is 15.4 Å². The fourth-order valence-electron chi connectivity index (χ4n) is 3.42. The number of nitrogens with zero attached hydrogens (tertiary/aromatic N) is 2. The molecule has 1 aromatic heterocycles. The van der Waals surface area contributed by atoms with Gasteiger partial charge in [-0.2, -0.15) is 0 Å². The molecule has 2 aromatic carbocycles. The Bertz CT molecular complexity index is 875. The molecule has 0 amide bonds. The molecule has 0 atom stereocenters. The van der Waals surface area contributed by atoms with E-state index in [4.69, 9.17) is 4.99 Å². The molecule has 1 aliphatic rings. The van der Waals surface area contributed by atoms with Crippen molar-refractivity contribution >= 4 is 16.6 Å². The largest absolute Gasteiger partial charge is 0.508 e. The van der Waals surface area contributed by atoms with Crippen molar-refractivity contribution < 1.29 is 5.11 Å². The molecule has 0 saturated heterocycles. The fraction of sp³-hybridized carbons (Fsp3) is 0.211. The van der Waals surface area contributed by atoms with E-state index >= 15 is 0 Å². The van der Waals surface area contributed by atoms with Crippen molar-refractivity contribution in [3.63, 3.8) is 0 Å². The normalized spacial score (nSPS) is 15.6. The van der Waals surface area contributed by atoms with Gasteiger partial charge < -0.3 is 9.67 Å². The molecule has 3 aromatic rings. The Balaban J connectivity index is 1.77. The van der Waals surface area contributed by atoms with Gasteiger partial charge in [-0.05, 0) is 42.2 Å². The summed E-state index contributed by atoms with van der Waals surface area (Å²) in [5, 5.41) is 10.9. The van der Waals surface area contributed by atoms with Gasteiger partial charge in [-0.25, -0.2) is 0 Å². The first kappa shape index (κ1) is 13.1. The summed E-state index contributed by atoms with van der Waals surface area (Å²) in [7, 11) is 2.08. The Labute approximate surface area is 129 Å². The number of benzene rings is 2. The molecular weight excluding hydrogens is 272 g/mol. The highest BCUT2D eigenvalue weighted by Gasteiger charge is 2.25. The Hall–Kier alpha value is -2.55. The SMILES string of the molecule is Cn1c2c(c3cc(O)ccc31)CCC2=NCc1ccccc1. The van der Waals surface area contributed by atoms with E-state index in [0.717, 1.165) is 30.3 Å². The van der Waals surface area contributed by atoms with Crippen molar-refractivity contribution in [2.24, 2.45) is 12.0 Å². The molecule has 4 rings (SSSR count). The number of rotatable bonds is 2. The maximum Gasteiger partial charge on any atom is 0.116 e. The van der Waals surface area contributed by atoms with Crippen molar-refractivity contribution in [3.05, 3.63) is 65.4 Å². The number of aryl methyl sites for hydroxylation is 2. The summed E-state index contributed by atoms with van der Waals surface area (Å²) in [6.07, 6.45) is 1.99. The number of aromatic nitrogens is 1. The summed E-state index contributed by atoms with van der Waals surface area (Å²) in [6, 6.07) is 16.0. The highest BCUT2D eigenvalue weighted by Crippen LogP contribution is 2.34. The van der Waals surface area contributed by atoms with Gasteiger partial charge in [0.25, 0.3) is 0 Å². The molecule has 0 unspecified atom stereocenters. The predicted molar refractivity (Wildman–Crippen MR) is 89.6 cm³/mol. The van der Waals surface area contributed by atoms with Crippen LogP contribution in [0.1, 0.15) is 23.2 Å². The van der Waals surface area contributed by atoms with Gasteiger partial charge in [-0.3, -0.25) is 4.99 Å². The maximum absolute atomic E-state index is 9.75. The number of aromatic hydroxyl groups is 1. The summed E-state index contributed by atoms with van der Waals surface area (Å²) < 4.78 is 2.21. The highest BCUT2D eigenvalue weighted by molar-refractivity contribution is 6.09. The van der Waals surface area contributed by atoms with Gasteiger partial charge in [0.05, 0.1) is 18.0 Å². The Morgan fingerprint density at radius 2 is 1.91 bits per heavy atom. The van der Waals surface area contributed by atoms with Crippen LogP contribution >= 0.6 is 0 Å². The Morgan fingerprint density at radius 3 is 2.73 bits per heavy atom. The fourth-order valence-corrected chi connectivity index (χ4v) is 3.42. The molecule has 0 saturated carbocycles. The van der Waals surface area contributed by atoms with Gasteiger partial charge in [-0.1, -0.05) is 30.3 Å². The van der Waals surface area contributed by atoms with E-state index in [1.54, 1.807) is 6.07 Å². The quantitative estimate of drug-likeness (QED) is 0.765. The molecule has 0 fully saturated rings. The van der Waals surface area contributed by atoms with Crippen molar-refractivity contribution in [2.45, 2.75) is 19.4 Å². The molecule has 3 heteroatoms. The van der Waals surface area contributed by atoms with Gasteiger partial charge in [0.2, 0.25) is 0 Å². The lowest BCUT2D eigenvalue weighted by Crippen LogP contribution is -2.03. The number of aliphatic imine (C=N–C) groups is 1. The zero-order valence-corrected chi connectivity index (χ0v) is 12.6. The average molecular weight is 290 g/mol. The molecule has 0 spiro atoms. The molecular formula is C19H18N2O. The third-order valence-corrected chi connectivity index (χ3v) is 4.47. The first-order valence-electron chi connectivity index (χ1n) is 7.62. The molecule has 22 heavy (non-hydrogen) atoms. The summed E-state index contributed by atoms with van der Waals surface area (Å²) in [5.41, 5.74) is 6.13. The Morgan fingerprint density at radius 1 is 1.09 bits per heavy atom. The molecule has 0 radical (unpaired) electrons. The molecule has 0 bridgehead atoms. The zero-order valence-electron chi connectivity index (χ0n) is 12.6. The van der Waals surface area contributed by atoms with E-state index < -0.39 is 0 Å². The Kier molecular flexibility index (Phi) is 3.00. The van der Waals surface area contributed by atoms with Crippen molar-refractivity contribution in [2.75, 3.05) is 0 Å². The van der Waals surface area contributed by atoms with Gasteiger partial charge >= 0.3 is 0 Å². The number of hydrogen-bond donors (Lipinski definition) is 1. The number of hydrogen-bond acceptors (Lipinski definition) is 2. The van der Waals surface area contributed by atoms with E-state index in [1.807, 2.05) is 18.2 Å².